The SMILES string of the molecule is CCCS(=O)(=O)Nc1cccc(C(=O)N2CCC(c3nc4ccccc4[nH]3)CC2)c1. The van der Waals surface area contributed by atoms with E-state index in [9.17, 15) is 13.2 Å². The summed E-state index contributed by atoms with van der Waals surface area (Å²) in [6.45, 7) is 3.10. The molecule has 0 saturated carbocycles. The number of benzene rings is 2. The largest absolute Gasteiger partial charge is 0.342 e. The summed E-state index contributed by atoms with van der Waals surface area (Å²) < 4.78 is 26.6. The average Bonchev–Trinajstić information content (AvgIpc) is 3.17. The summed E-state index contributed by atoms with van der Waals surface area (Å²) in [5.41, 5.74) is 2.92. The summed E-state index contributed by atoms with van der Waals surface area (Å²) in [4.78, 5) is 22.9. The van der Waals surface area contributed by atoms with Crippen molar-refractivity contribution in [3.8, 4) is 0 Å². The second kappa shape index (κ2) is 8.47. The van der Waals surface area contributed by atoms with Crippen LogP contribution in [-0.4, -0.2) is 48.0 Å². The van der Waals surface area contributed by atoms with Gasteiger partial charge in [-0.05, 0) is 49.6 Å². The third-order valence-corrected chi connectivity index (χ3v) is 6.92. The molecule has 0 unspecified atom stereocenters. The fraction of sp³-hybridized carbons (Fsp3) is 0.364. The molecular weight excluding hydrogens is 400 g/mol. The number of likely N-dealkylation sites (tertiary alicyclic amines) is 1. The Kier molecular flexibility index (Phi) is 5.76. The molecular formula is C22H26N4O3S. The van der Waals surface area contributed by atoms with E-state index in [0.29, 0.717) is 36.7 Å². The first-order valence-electron chi connectivity index (χ1n) is 10.3. The van der Waals surface area contributed by atoms with Gasteiger partial charge in [0.1, 0.15) is 5.82 Å². The van der Waals surface area contributed by atoms with E-state index in [1.54, 1.807) is 24.3 Å². The highest BCUT2D eigenvalue weighted by molar-refractivity contribution is 7.92. The standard InChI is InChI=1S/C22H26N4O3S/c1-2-14-30(28,29)25-18-7-5-6-17(15-18)22(27)26-12-10-16(11-13-26)21-23-19-8-3-4-9-20(19)24-21/h3-9,15-16,25H,2,10-14H2,1H3,(H,23,24). The minimum atomic E-state index is -3.39. The molecule has 8 heteroatoms. The first kappa shape index (κ1) is 20.4. The fourth-order valence-electron chi connectivity index (χ4n) is 3.92. The number of nitrogens with one attached hydrogen (secondary N) is 2. The second-order valence-corrected chi connectivity index (χ2v) is 9.55. The van der Waals surface area contributed by atoms with Crippen LogP contribution in [0.3, 0.4) is 0 Å². The van der Waals surface area contributed by atoms with E-state index in [2.05, 4.69) is 9.71 Å². The zero-order valence-electron chi connectivity index (χ0n) is 17.0. The Labute approximate surface area is 176 Å². The van der Waals surface area contributed by atoms with Crippen molar-refractivity contribution in [3.05, 3.63) is 59.9 Å². The van der Waals surface area contributed by atoms with E-state index in [1.165, 1.54) is 0 Å². The minimum Gasteiger partial charge on any atom is -0.342 e. The molecule has 0 spiro atoms. The Morgan fingerprint density at radius 3 is 2.67 bits per heavy atom. The number of para-hydroxylation sites is 2. The van der Waals surface area contributed by atoms with Gasteiger partial charge in [0.2, 0.25) is 10.0 Å². The molecule has 1 saturated heterocycles. The fourth-order valence-corrected chi connectivity index (χ4v) is 5.05. The third kappa shape index (κ3) is 4.48. The summed E-state index contributed by atoms with van der Waals surface area (Å²) in [6.07, 6.45) is 2.22. The van der Waals surface area contributed by atoms with Gasteiger partial charge in [-0.2, -0.15) is 0 Å². The highest BCUT2D eigenvalue weighted by atomic mass is 32.2. The third-order valence-electron chi connectivity index (χ3n) is 5.43. The monoisotopic (exact) mass is 426 g/mol. The van der Waals surface area contributed by atoms with E-state index in [1.807, 2.05) is 36.1 Å². The molecule has 0 radical (unpaired) electrons. The molecule has 0 aliphatic carbocycles. The number of fused-ring (bicyclic) bond motifs is 1. The van der Waals surface area contributed by atoms with Crippen molar-refractivity contribution in [2.45, 2.75) is 32.1 Å². The molecule has 2 aromatic carbocycles. The van der Waals surface area contributed by atoms with Gasteiger partial charge >= 0.3 is 0 Å². The Morgan fingerprint density at radius 2 is 1.93 bits per heavy atom. The number of hydrogen-bond acceptors (Lipinski definition) is 4. The summed E-state index contributed by atoms with van der Waals surface area (Å²) >= 11 is 0. The van der Waals surface area contributed by atoms with Crippen molar-refractivity contribution < 1.29 is 13.2 Å². The van der Waals surface area contributed by atoms with Gasteiger partial charge in [0.25, 0.3) is 5.91 Å². The number of hydrogen-bond donors (Lipinski definition) is 2. The molecule has 2 N–H and O–H groups in total. The lowest BCUT2D eigenvalue weighted by molar-refractivity contribution is 0.0711. The number of aromatic nitrogens is 2. The summed E-state index contributed by atoms with van der Waals surface area (Å²) in [6, 6.07) is 14.7. The molecule has 3 aromatic rings. The number of imidazole rings is 1. The van der Waals surface area contributed by atoms with E-state index in [4.69, 9.17) is 4.98 Å². The van der Waals surface area contributed by atoms with E-state index in [-0.39, 0.29) is 11.7 Å². The average molecular weight is 427 g/mol. The maximum absolute atomic E-state index is 13.0. The van der Waals surface area contributed by atoms with Crippen LogP contribution in [0.2, 0.25) is 0 Å². The predicted molar refractivity (Wildman–Crippen MR) is 118 cm³/mol. The molecule has 158 valence electrons. The van der Waals surface area contributed by atoms with Crippen molar-refractivity contribution in [1.82, 2.24) is 14.9 Å². The molecule has 1 amide bonds. The first-order chi connectivity index (χ1) is 14.4. The van der Waals surface area contributed by atoms with Crippen LogP contribution in [0.1, 0.15) is 48.3 Å². The number of rotatable bonds is 6. The molecule has 2 heterocycles. The van der Waals surface area contributed by atoms with E-state index >= 15 is 0 Å². The molecule has 30 heavy (non-hydrogen) atoms. The van der Waals surface area contributed by atoms with Gasteiger partial charge in [0, 0.05) is 30.3 Å². The van der Waals surface area contributed by atoms with Crippen LogP contribution >= 0.6 is 0 Å². The van der Waals surface area contributed by atoms with Crippen molar-refractivity contribution in [2.24, 2.45) is 0 Å². The second-order valence-electron chi connectivity index (χ2n) is 7.71. The lowest BCUT2D eigenvalue weighted by Gasteiger charge is -2.31. The molecule has 7 nitrogen and oxygen atoms in total. The number of carbonyl (C=O) groups is 1. The lowest BCUT2D eigenvalue weighted by atomic mass is 9.95. The summed E-state index contributed by atoms with van der Waals surface area (Å²) in [5, 5.41) is 0. The lowest BCUT2D eigenvalue weighted by Crippen LogP contribution is -2.38. The van der Waals surface area contributed by atoms with Crippen molar-refractivity contribution in [3.63, 3.8) is 0 Å². The van der Waals surface area contributed by atoms with Crippen LogP contribution in [0.25, 0.3) is 11.0 Å². The predicted octanol–water partition coefficient (Wildman–Crippen LogP) is 3.73. The highest BCUT2D eigenvalue weighted by Crippen LogP contribution is 2.28. The van der Waals surface area contributed by atoms with Gasteiger partial charge in [0.05, 0.1) is 16.8 Å². The number of carbonyl (C=O) groups excluding carboxylic acids is 1. The number of anilines is 1. The summed E-state index contributed by atoms with van der Waals surface area (Å²) in [5.74, 6) is 1.26. The Bertz CT molecular complexity index is 1110. The first-order valence-corrected chi connectivity index (χ1v) is 11.9. The smallest absolute Gasteiger partial charge is 0.253 e. The van der Waals surface area contributed by atoms with Crippen molar-refractivity contribution >= 4 is 32.7 Å². The molecule has 0 atom stereocenters. The van der Waals surface area contributed by atoms with E-state index < -0.39 is 10.0 Å². The Morgan fingerprint density at radius 1 is 1.17 bits per heavy atom. The van der Waals surface area contributed by atoms with Crippen LogP contribution in [0.4, 0.5) is 5.69 Å². The normalized spacial score (nSPS) is 15.4. The summed E-state index contributed by atoms with van der Waals surface area (Å²) in [7, 11) is -3.39. The number of aromatic amines is 1. The molecule has 1 aliphatic heterocycles. The topological polar surface area (TPSA) is 95.2 Å². The molecule has 1 aromatic heterocycles. The quantitative estimate of drug-likeness (QED) is 0.628. The van der Waals surface area contributed by atoms with Gasteiger partial charge in [-0.25, -0.2) is 13.4 Å². The highest BCUT2D eigenvalue weighted by Gasteiger charge is 2.26. The molecule has 1 fully saturated rings. The van der Waals surface area contributed by atoms with Crippen LogP contribution in [0.15, 0.2) is 48.5 Å². The maximum Gasteiger partial charge on any atom is 0.253 e. The van der Waals surface area contributed by atoms with Crippen molar-refractivity contribution in [1.29, 1.82) is 0 Å². The van der Waals surface area contributed by atoms with Gasteiger partial charge in [-0.1, -0.05) is 25.1 Å². The van der Waals surface area contributed by atoms with Crippen LogP contribution < -0.4 is 4.72 Å². The minimum absolute atomic E-state index is 0.0560. The maximum atomic E-state index is 13.0. The number of piperidine rings is 1. The van der Waals surface area contributed by atoms with Gasteiger partial charge < -0.3 is 9.88 Å². The van der Waals surface area contributed by atoms with Crippen LogP contribution in [0, 0.1) is 0 Å². The van der Waals surface area contributed by atoms with Crippen LogP contribution in [-0.2, 0) is 10.0 Å². The van der Waals surface area contributed by atoms with Gasteiger partial charge in [-0.15, -0.1) is 0 Å². The Balaban J connectivity index is 1.41. The van der Waals surface area contributed by atoms with Gasteiger partial charge in [0.15, 0.2) is 0 Å². The van der Waals surface area contributed by atoms with Crippen molar-refractivity contribution in [2.75, 3.05) is 23.6 Å². The molecule has 4 rings (SSSR count). The van der Waals surface area contributed by atoms with Crippen LogP contribution in [0.5, 0.6) is 0 Å². The van der Waals surface area contributed by atoms with Gasteiger partial charge in [-0.3, -0.25) is 9.52 Å². The molecule has 1 aliphatic rings. The number of nitrogens with zero attached hydrogens (tertiary/aromatic N) is 2. The molecule has 0 bridgehead atoms. The number of amides is 1. The zero-order valence-corrected chi connectivity index (χ0v) is 17.8. The number of sulfonamides is 1. The van der Waals surface area contributed by atoms with E-state index in [0.717, 1.165) is 29.7 Å². The number of H-pyrrole nitrogens is 1. The Hall–Kier alpha value is -2.87. The zero-order chi connectivity index (χ0) is 21.1.